The Balaban J connectivity index is 0.00000196. The minimum Gasteiger partial charge on any atom is -1.00 e. The van der Waals surface area contributed by atoms with Gasteiger partial charge in [-0.05, 0) is 0 Å². The molecule has 86 valence electrons. The molecule has 0 aliphatic heterocycles. The number of carbonyl (C=O) groups excluding carboxylic acids is 1. The van der Waals surface area contributed by atoms with Crippen molar-refractivity contribution in [2.24, 2.45) is 0 Å². The molecule has 5 nitrogen and oxygen atoms in total. The maximum Gasteiger partial charge on any atom is 0.323 e. The lowest BCUT2D eigenvalue weighted by Crippen LogP contribution is -3.00. The van der Waals surface area contributed by atoms with Crippen molar-refractivity contribution in [1.82, 2.24) is 9.97 Å². The van der Waals surface area contributed by atoms with Crippen molar-refractivity contribution in [1.29, 1.82) is 0 Å². The normalized spacial score (nSPS) is 10.9. The number of aromatic nitrogens is 2. The van der Waals surface area contributed by atoms with E-state index in [0.717, 1.165) is 0 Å². The Morgan fingerprint density at radius 3 is 2.20 bits per heavy atom. The highest BCUT2D eigenvalue weighted by atomic mass is 79.9. The molecule has 0 amide bonds. The molecule has 0 fully saturated rings. The highest BCUT2D eigenvalue weighted by Crippen LogP contribution is 2.07. The molecule has 6 heteroatoms. The molecular formula is C9H16BrN3O2. The van der Waals surface area contributed by atoms with Crippen LogP contribution < -0.4 is 22.7 Å². The lowest BCUT2D eigenvalue weighted by atomic mass is 10.2. The quantitative estimate of drug-likeness (QED) is 0.461. The second-order valence-corrected chi connectivity index (χ2v) is 4.44. The Kier molecular flexibility index (Phi) is 4.48. The number of ketones is 1. The van der Waals surface area contributed by atoms with Crippen LogP contribution in [0.1, 0.15) is 23.1 Å². The molecule has 0 aromatic carbocycles. The minimum atomic E-state index is -0.321. The van der Waals surface area contributed by atoms with Gasteiger partial charge in [-0.25, -0.2) is 4.79 Å². The molecule has 1 aromatic rings. The molecule has 15 heavy (non-hydrogen) atoms. The third-order valence-electron chi connectivity index (χ3n) is 1.79. The smallest absolute Gasteiger partial charge is 0.323 e. The van der Waals surface area contributed by atoms with Crippen LogP contribution >= 0.6 is 0 Å². The van der Waals surface area contributed by atoms with E-state index in [2.05, 4.69) is 9.97 Å². The Hall–Kier alpha value is -0.880. The molecule has 0 unspecified atom stereocenters. The van der Waals surface area contributed by atoms with E-state index in [1.165, 1.54) is 6.92 Å². The summed E-state index contributed by atoms with van der Waals surface area (Å²) in [4.78, 5) is 27.3. The van der Waals surface area contributed by atoms with Gasteiger partial charge in [-0.2, -0.15) is 0 Å². The highest BCUT2D eigenvalue weighted by molar-refractivity contribution is 5.93. The van der Waals surface area contributed by atoms with Crippen molar-refractivity contribution in [2.45, 2.75) is 13.5 Å². The predicted molar refractivity (Wildman–Crippen MR) is 53.2 cm³/mol. The van der Waals surface area contributed by atoms with Gasteiger partial charge in [0, 0.05) is 6.92 Å². The van der Waals surface area contributed by atoms with Gasteiger partial charge in [0.05, 0.1) is 21.1 Å². The number of H-pyrrole nitrogens is 2. The zero-order valence-electron chi connectivity index (χ0n) is 9.35. The molecule has 1 aromatic heterocycles. The van der Waals surface area contributed by atoms with Gasteiger partial charge in [0.25, 0.3) is 0 Å². The maximum absolute atomic E-state index is 11.2. The van der Waals surface area contributed by atoms with Crippen LogP contribution in [0.3, 0.4) is 0 Å². The topological polar surface area (TPSA) is 65.7 Å². The van der Waals surface area contributed by atoms with Crippen LogP contribution in [0, 0.1) is 0 Å². The first-order valence-corrected chi connectivity index (χ1v) is 4.42. The number of carbonyl (C=O) groups is 1. The molecule has 1 rings (SSSR count). The average Bonchev–Trinajstić information content (AvgIpc) is 2.27. The van der Waals surface area contributed by atoms with Crippen LogP contribution in [0.5, 0.6) is 0 Å². The number of hydrogen-bond donors (Lipinski definition) is 2. The monoisotopic (exact) mass is 277 g/mol. The van der Waals surface area contributed by atoms with Crippen LogP contribution in [0.2, 0.25) is 0 Å². The summed E-state index contributed by atoms with van der Waals surface area (Å²) in [6.07, 6.45) is 0. The van der Waals surface area contributed by atoms with Gasteiger partial charge < -0.3 is 31.4 Å². The van der Waals surface area contributed by atoms with Crippen LogP contribution in [-0.2, 0) is 6.54 Å². The predicted octanol–water partition coefficient (Wildman–Crippen LogP) is -2.88. The third kappa shape index (κ3) is 4.01. The zero-order chi connectivity index (χ0) is 10.9. The first-order chi connectivity index (χ1) is 6.29. The maximum atomic E-state index is 11.2. The van der Waals surface area contributed by atoms with Crippen LogP contribution in [0.25, 0.3) is 0 Å². The average molecular weight is 278 g/mol. The van der Waals surface area contributed by atoms with Gasteiger partial charge in [-0.1, -0.05) is 0 Å². The van der Waals surface area contributed by atoms with Crippen molar-refractivity contribution in [2.75, 3.05) is 21.1 Å². The van der Waals surface area contributed by atoms with Crippen molar-refractivity contribution < 1.29 is 26.3 Å². The van der Waals surface area contributed by atoms with E-state index in [-0.39, 0.29) is 28.5 Å². The summed E-state index contributed by atoms with van der Waals surface area (Å²) >= 11 is 0. The van der Waals surface area contributed by atoms with E-state index < -0.39 is 0 Å². The summed E-state index contributed by atoms with van der Waals surface area (Å²) in [7, 11) is 5.99. The first-order valence-electron chi connectivity index (χ1n) is 4.42. The molecule has 0 radical (unpaired) electrons. The Morgan fingerprint density at radius 1 is 1.27 bits per heavy atom. The molecule has 0 saturated carbocycles. The summed E-state index contributed by atoms with van der Waals surface area (Å²) in [6, 6.07) is 0. The summed E-state index contributed by atoms with van der Waals surface area (Å²) in [5, 5.41) is 0. The van der Waals surface area contributed by atoms with Gasteiger partial charge >= 0.3 is 5.69 Å². The second-order valence-electron chi connectivity index (χ2n) is 4.44. The van der Waals surface area contributed by atoms with Crippen LogP contribution in [-0.4, -0.2) is 41.4 Å². The van der Waals surface area contributed by atoms with Crippen molar-refractivity contribution >= 4 is 5.78 Å². The number of halogens is 1. The molecule has 0 aliphatic carbocycles. The summed E-state index contributed by atoms with van der Waals surface area (Å²) in [5.74, 6) is -0.119. The molecule has 0 saturated heterocycles. The van der Waals surface area contributed by atoms with E-state index in [1.54, 1.807) is 0 Å². The number of nitrogens with one attached hydrogen (secondary N) is 2. The number of hydrogen-bond acceptors (Lipinski definition) is 2. The molecule has 2 N–H and O–H groups in total. The molecule has 0 spiro atoms. The fraction of sp³-hybridized carbons (Fsp3) is 0.556. The Bertz CT molecular complexity index is 400. The Labute approximate surface area is 98.9 Å². The lowest BCUT2D eigenvalue weighted by molar-refractivity contribution is -0.884. The Morgan fingerprint density at radius 2 is 1.80 bits per heavy atom. The largest absolute Gasteiger partial charge is 1.00 e. The fourth-order valence-electron chi connectivity index (χ4n) is 1.31. The minimum absolute atomic E-state index is 0. The lowest BCUT2D eigenvalue weighted by Gasteiger charge is -2.23. The highest BCUT2D eigenvalue weighted by Gasteiger charge is 2.17. The summed E-state index contributed by atoms with van der Waals surface area (Å²) in [5.41, 5.74) is 0.747. The number of quaternary nitrogens is 1. The zero-order valence-corrected chi connectivity index (χ0v) is 10.9. The third-order valence-corrected chi connectivity index (χ3v) is 1.79. The SMILES string of the molecule is CC(=O)c1[nH]c(=O)[nH]c1C[N+](C)(C)C.[Br-]. The fourth-order valence-corrected chi connectivity index (χ4v) is 1.31. The van der Waals surface area contributed by atoms with E-state index >= 15 is 0 Å². The van der Waals surface area contributed by atoms with E-state index in [9.17, 15) is 9.59 Å². The number of rotatable bonds is 3. The summed E-state index contributed by atoms with van der Waals surface area (Å²) in [6.45, 7) is 2.06. The number of nitrogens with zero attached hydrogens (tertiary/aromatic N) is 1. The molecule has 0 bridgehead atoms. The van der Waals surface area contributed by atoms with Gasteiger partial charge in [0.15, 0.2) is 5.78 Å². The number of imidazole rings is 1. The van der Waals surface area contributed by atoms with Crippen LogP contribution in [0.4, 0.5) is 0 Å². The molecule has 1 heterocycles. The van der Waals surface area contributed by atoms with E-state index in [1.807, 2.05) is 21.1 Å². The van der Waals surface area contributed by atoms with Gasteiger partial charge in [-0.15, -0.1) is 0 Å². The van der Waals surface area contributed by atoms with Crippen molar-refractivity contribution in [3.05, 3.63) is 21.9 Å². The van der Waals surface area contributed by atoms with Crippen LogP contribution in [0.15, 0.2) is 4.79 Å². The molecule has 0 atom stereocenters. The standard InChI is InChI=1S/C9H15N3O2.BrH/c1-6(13)8-7(5-12(2,3)4)10-9(14)11-8;/h5H2,1-4H3,(H-,10,11,13,14);1H. The van der Waals surface area contributed by atoms with E-state index in [0.29, 0.717) is 22.4 Å². The van der Waals surface area contributed by atoms with Gasteiger partial charge in [-0.3, -0.25) is 4.79 Å². The first kappa shape index (κ1) is 14.1. The molecule has 0 aliphatic rings. The van der Waals surface area contributed by atoms with Crippen molar-refractivity contribution in [3.63, 3.8) is 0 Å². The van der Waals surface area contributed by atoms with Gasteiger partial charge in [0.2, 0.25) is 0 Å². The van der Waals surface area contributed by atoms with Crippen molar-refractivity contribution in [3.8, 4) is 0 Å². The molecular weight excluding hydrogens is 262 g/mol. The second kappa shape index (κ2) is 4.76. The summed E-state index contributed by atoms with van der Waals surface area (Å²) < 4.78 is 0.661. The van der Waals surface area contributed by atoms with Gasteiger partial charge in [0.1, 0.15) is 17.9 Å². The number of aromatic amines is 2. The van der Waals surface area contributed by atoms with E-state index in [4.69, 9.17) is 0 Å². The number of Topliss-reactive ketones (excluding diaryl/α,β-unsaturated/α-hetero) is 1.